The number of piperidine rings is 1. The minimum atomic E-state index is -2.36. The highest BCUT2D eigenvalue weighted by atomic mass is 19.3. The van der Waals surface area contributed by atoms with Gasteiger partial charge in [-0.15, -0.1) is 0 Å². The molecule has 1 saturated carbocycles. The van der Waals surface area contributed by atoms with Crippen LogP contribution in [0.1, 0.15) is 37.4 Å². The second-order valence-electron chi connectivity index (χ2n) is 5.44. The van der Waals surface area contributed by atoms with Crippen LogP contribution in [0, 0.1) is 5.92 Å². The van der Waals surface area contributed by atoms with Gasteiger partial charge in [0.05, 0.1) is 0 Å². The summed E-state index contributed by atoms with van der Waals surface area (Å²) in [6.07, 6.45) is 4.35. The third-order valence-electron chi connectivity index (χ3n) is 4.16. The summed E-state index contributed by atoms with van der Waals surface area (Å²) < 4.78 is 25.5. The van der Waals surface area contributed by atoms with Crippen LogP contribution < -0.4 is 0 Å². The van der Waals surface area contributed by atoms with E-state index in [0.29, 0.717) is 12.3 Å². The summed E-state index contributed by atoms with van der Waals surface area (Å²) >= 11 is 0. The largest absolute Gasteiger partial charge is 0.303 e. The average molecular weight is 256 g/mol. The molecule has 0 unspecified atom stereocenters. The van der Waals surface area contributed by atoms with Crippen molar-refractivity contribution in [2.45, 2.75) is 37.5 Å². The van der Waals surface area contributed by atoms with Gasteiger partial charge in [0, 0.05) is 18.3 Å². The SMILES string of the molecule is FC1(F)C[C@@H]1CCN1CCC(c2ncn[nH]2)CC1. The summed E-state index contributed by atoms with van der Waals surface area (Å²) in [4.78, 5) is 6.48. The summed E-state index contributed by atoms with van der Waals surface area (Å²) in [5.41, 5.74) is 0. The van der Waals surface area contributed by atoms with Gasteiger partial charge >= 0.3 is 0 Å². The maximum Gasteiger partial charge on any atom is 0.251 e. The highest BCUT2D eigenvalue weighted by molar-refractivity contribution is 4.97. The molecule has 100 valence electrons. The molecule has 1 aliphatic heterocycles. The third kappa shape index (κ3) is 2.53. The molecule has 1 N–H and O–H groups in total. The van der Waals surface area contributed by atoms with Gasteiger partial charge in [0.15, 0.2) is 0 Å². The molecule has 1 aromatic rings. The van der Waals surface area contributed by atoms with E-state index in [2.05, 4.69) is 20.1 Å². The first-order chi connectivity index (χ1) is 8.65. The van der Waals surface area contributed by atoms with E-state index in [-0.39, 0.29) is 12.3 Å². The normalized spacial score (nSPS) is 28.4. The molecule has 1 atom stereocenters. The van der Waals surface area contributed by atoms with Crippen LogP contribution in [0.2, 0.25) is 0 Å². The molecule has 6 heteroatoms. The van der Waals surface area contributed by atoms with Crippen molar-refractivity contribution >= 4 is 0 Å². The molecular formula is C12H18F2N4. The smallest absolute Gasteiger partial charge is 0.251 e. The number of aromatic nitrogens is 3. The molecule has 18 heavy (non-hydrogen) atoms. The third-order valence-corrected chi connectivity index (χ3v) is 4.16. The molecule has 1 saturated heterocycles. The molecule has 1 aliphatic carbocycles. The Morgan fingerprint density at radius 3 is 2.67 bits per heavy atom. The standard InChI is InChI=1S/C12H18F2N4/c13-12(14)7-10(12)3-6-18-4-1-9(2-5-18)11-15-8-16-17-11/h8-10H,1-7H2,(H,15,16,17)/t10-/m0/s1. The Kier molecular flexibility index (Phi) is 3.05. The molecule has 0 amide bonds. The Balaban J connectivity index is 1.41. The minimum Gasteiger partial charge on any atom is -0.303 e. The van der Waals surface area contributed by atoms with Gasteiger partial charge in [-0.05, 0) is 38.9 Å². The first kappa shape index (κ1) is 12.0. The van der Waals surface area contributed by atoms with Crippen molar-refractivity contribution < 1.29 is 8.78 Å². The second kappa shape index (κ2) is 4.57. The fraction of sp³-hybridized carbons (Fsp3) is 0.833. The number of alkyl halides is 2. The Bertz CT molecular complexity index is 385. The van der Waals surface area contributed by atoms with Gasteiger partial charge in [-0.1, -0.05) is 0 Å². The topological polar surface area (TPSA) is 44.8 Å². The quantitative estimate of drug-likeness (QED) is 0.896. The number of hydrogen-bond acceptors (Lipinski definition) is 3. The number of nitrogens with one attached hydrogen (secondary N) is 1. The lowest BCUT2D eigenvalue weighted by Crippen LogP contribution is -2.34. The van der Waals surface area contributed by atoms with E-state index in [1.807, 2.05) is 0 Å². The molecular weight excluding hydrogens is 238 g/mol. The van der Waals surface area contributed by atoms with Gasteiger partial charge in [-0.25, -0.2) is 13.8 Å². The maximum atomic E-state index is 12.8. The van der Waals surface area contributed by atoms with E-state index in [0.717, 1.165) is 38.3 Å². The summed E-state index contributed by atoms with van der Waals surface area (Å²) in [6.45, 7) is 2.76. The van der Waals surface area contributed by atoms with Gasteiger partial charge in [0.2, 0.25) is 0 Å². The molecule has 0 spiro atoms. The highest BCUT2D eigenvalue weighted by Gasteiger charge is 2.56. The van der Waals surface area contributed by atoms with Crippen LogP contribution in [0.5, 0.6) is 0 Å². The molecule has 3 rings (SSSR count). The number of H-pyrrole nitrogens is 1. The number of likely N-dealkylation sites (tertiary alicyclic amines) is 1. The second-order valence-corrected chi connectivity index (χ2v) is 5.44. The first-order valence-corrected chi connectivity index (χ1v) is 6.60. The Labute approximate surface area is 105 Å². The lowest BCUT2D eigenvalue weighted by Gasteiger charge is -2.30. The van der Waals surface area contributed by atoms with Crippen molar-refractivity contribution in [1.82, 2.24) is 20.1 Å². The molecule has 4 nitrogen and oxygen atoms in total. The van der Waals surface area contributed by atoms with Crippen molar-refractivity contribution in [1.29, 1.82) is 0 Å². The fourth-order valence-corrected chi connectivity index (χ4v) is 2.76. The lowest BCUT2D eigenvalue weighted by atomic mass is 9.96. The zero-order valence-electron chi connectivity index (χ0n) is 10.3. The Morgan fingerprint density at radius 2 is 2.11 bits per heavy atom. The number of aromatic amines is 1. The van der Waals surface area contributed by atoms with E-state index >= 15 is 0 Å². The fourth-order valence-electron chi connectivity index (χ4n) is 2.76. The van der Waals surface area contributed by atoms with E-state index < -0.39 is 5.92 Å². The Hall–Kier alpha value is -1.04. The molecule has 2 aliphatic rings. The van der Waals surface area contributed by atoms with Crippen molar-refractivity contribution in [2.75, 3.05) is 19.6 Å². The van der Waals surface area contributed by atoms with Crippen LogP contribution in [-0.2, 0) is 0 Å². The van der Waals surface area contributed by atoms with E-state index in [4.69, 9.17) is 0 Å². The predicted molar refractivity (Wildman–Crippen MR) is 62.5 cm³/mol. The summed E-state index contributed by atoms with van der Waals surface area (Å²) in [5.74, 6) is -1.31. The van der Waals surface area contributed by atoms with Gasteiger partial charge in [-0.2, -0.15) is 5.10 Å². The monoisotopic (exact) mass is 256 g/mol. The van der Waals surface area contributed by atoms with E-state index in [1.165, 1.54) is 6.33 Å². The molecule has 0 radical (unpaired) electrons. The van der Waals surface area contributed by atoms with Crippen molar-refractivity contribution in [2.24, 2.45) is 5.92 Å². The number of hydrogen-bond donors (Lipinski definition) is 1. The molecule has 2 heterocycles. The summed E-state index contributed by atoms with van der Waals surface area (Å²) in [6, 6.07) is 0. The predicted octanol–water partition coefficient (Wildman–Crippen LogP) is 2.03. The first-order valence-electron chi connectivity index (χ1n) is 6.60. The minimum absolute atomic E-state index is 0.0987. The van der Waals surface area contributed by atoms with Crippen molar-refractivity contribution in [3.05, 3.63) is 12.2 Å². The molecule has 2 fully saturated rings. The van der Waals surface area contributed by atoms with Crippen LogP contribution in [-0.4, -0.2) is 45.6 Å². The summed E-state index contributed by atoms with van der Waals surface area (Å²) in [7, 11) is 0. The molecule has 0 bridgehead atoms. The van der Waals surface area contributed by atoms with Gasteiger partial charge < -0.3 is 4.90 Å². The van der Waals surface area contributed by atoms with Gasteiger partial charge in [-0.3, -0.25) is 5.10 Å². The zero-order chi connectivity index (χ0) is 12.6. The highest BCUT2D eigenvalue weighted by Crippen LogP contribution is 2.50. The van der Waals surface area contributed by atoms with Gasteiger partial charge in [0.1, 0.15) is 12.2 Å². The van der Waals surface area contributed by atoms with Crippen LogP contribution in [0.25, 0.3) is 0 Å². The zero-order valence-corrected chi connectivity index (χ0v) is 10.3. The summed E-state index contributed by atoms with van der Waals surface area (Å²) in [5, 5.41) is 6.78. The number of nitrogens with zero attached hydrogens (tertiary/aromatic N) is 3. The van der Waals surface area contributed by atoms with Crippen LogP contribution in [0.4, 0.5) is 8.78 Å². The van der Waals surface area contributed by atoms with Crippen LogP contribution in [0.15, 0.2) is 6.33 Å². The lowest BCUT2D eigenvalue weighted by molar-refractivity contribution is 0.0921. The van der Waals surface area contributed by atoms with E-state index in [9.17, 15) is 8.78 Å². The Morgan fingerprint density at radius 1 is 1.39 bits per heavy atom. The van der Waals surface area contributed by atoms with Gasteiger partial charge in [0.25, 0.3) is 5.92 Å². The van der Waals surface area contributed by atoms with Crippen molar-refractivity contribution in [3.63, 3.8) is 0 Å². The molecule has 0 aromatic carbocycles. The van der Waals surface area contributed by atoms with E-state index in [1.54, 1.807) is 0 Å². The maximum absolute atomic E-state index is 12.8. The van der Waals surface area contributed by atoms with Crippen LogP contribution in [0.3, 0.4) is 0 Å². The van der Waals surface area contributed by atoms with Crippen LogP contribution >= 0.6 is 0 Å². The van der Waals surface area contributed by atoms with Crippen molar-refractivity contribution in [3.8, 4) is 0 Å². The molecule has 1 aromatic heterocycles. The number of halogens is 2. The number of rotatable bonds is 4. The average Bonchev–Trinajstić information content (AvgIpc) is 2.82.